The zero-order valence-corrected chi connectivity index (χ0v) is 10.1. The van der Waals surface area contributed by atoms with E-state index < -0.39 is 5.97 Å². The number of hydrogen-bond acceptors (Lipinski definition) is 1. The summed E-state index contributed by atoms with van der Waals surface area (Å²) in [5, 5.41) is 8.93. The maximum Gasteiger partial charge on any atom is 0.336 e. The second-order valence-corrected chi connectivity index (χ2v) is 2.97. The smallest absolute Gasteiger partial charge is 0.336 e. The standard InChI is InChI=1S/C12H12O2.C2H6/c1-4-9-8(3)6-7-11(12(13)14)10(9)5-2;1-2/h4-7H,1-2H2,3H3,(H,13,14);1-2H3. The van der Waals surface area contributed by atoms with Crippen LogP contribution >= 0.6 is 0 Å². The van der Waals surface area contributed by atoms with Crippen molar-refractivity contribution in [3.63, 3.8) is 0 Å². The highest BCUT2D eigenvalue weighted by Crippen LogP contribution is 2.21. The second kappa shape index (κ2) is 6.62. The van der Waals surface area contributed by atoms with Gasteiger partial charge in [-0.3, -0.25) is 0 Å². The van der Waals surface area contributed by atoms with Gasteiger partial charge in [-0.1, -0.05) is 45.2 Å². The lowest BCUT2D eigenvalue weighted by Crippen LogP contribution is -2.02. The van der Waals surface area contributed by atoms with Gasteiger partial charge in [0.1, 0.15) is 0 Å². The number of aryl methyl sites for hydroxylation is 1. The number of carbonyl (C=O) groups is 1. The Kier molecular flexibility index (Phi) is 5.86. The van der Waals surface area contributed by atoms with E-state index in [2.05, 4.69) is 13.2 Å². The maximum atomic E-state index is 10.9. The molecule has 0 spiro atoms. The fraction of sp³-hybridized carbons (Fsp3) is 0.214. The summed E-state index contributed by atoms with van der Waals surface area (Å²) in [6, 6.07) is 3.36. The first-order valence-electron chi connectivity index (χ1n) is 5.23. The van der Waals surface area contributed by atoms with Gasteiger partial charge in [0.2, 0.25) is 0 Å². The Bertz CT molecular complexity index is 403. The van der Waals surface area contributed by atoms with E-state index in [1.165, 1.54) is 0 Å². The molecule has 0 aliphatic heterocycles. The van der Waals surface area contributed by atoms with Crippen molar-refractivity contribution in [3.8, 4) is 0 Å². The van der Waals surface area contributed by atoms with Gasteiger partial charge < -0.3 is 5.11 Å². The topological polar surface area (TPSA) is 37.3 Å². The van der Waals surface area contributed by atoms with Crippen LogP contribution in [0, 0.1) is 6.92 Å². The van der Waals surface area contributed by atoms with Crippen molar-refractivity contribution < 1.29 is 9.90 Å². The third-order valence-electron chi connectivity index (χ3n) is 2.14. The molecular formula is C14H18O2. The van der Waals surface area contributed by atoms with Crippen molar-refractivity contribution in [1.82, 2.24) is 0 Å². The van der Waals surface area contributed by atoms with E-state index in [1.54, 1.807) is 24.3 Å². The van der Waals surface area contributed by atoms with Crippen LogP contribution in [0.2, 0.25) is 0 Å². The molecule has 2 nitrogen and oxygen atoms in total. The summed E-state index contributed by atoms with van der Waals surface area (Å²) in [5.41, 5.74) is 2.73. The summed E-state index contributed by atoms with van der Waals surface area (Å²) in [6.07, 6.45) is 3.20. The van der Waals surface area contributed by atoms with E-state index in [-0.39, 0.29) is 5.56 Å². The van der Waals surface area contributed by atoms with Gasteiger partial charge >= 0.3 is 5.97 Å². The second-order valence-electron chi connectivity index (χ2n) is 2.97. The summed E-state index contributed by atoms with van der Waals surface area (Å²) in [7, 11) is 0. The highest BCUT2D eigenvalue weighted by Gasteiger charge is 2.11. The van der Waals surface area contributed by atoms with Crippen molar-refractivity contribution in [1.29, 1.82) is 0 Å². The summed E-state index contributed by atoms with van der Waals surface area (Å²) >= 11 is 0. The summed E-state index contributed by atoms with van der Waals surface area (Å²) in [6.45, 7) is 13.2. The van der Waals surface area contributed by atoms with E-state index >= 15 is 0 Å². The van der Waals surface area contributed by atoms with Crippen molar-refractivity contribution in [2.75, 3.05) is 0 Å². The highest BCUT2D eigenvalue weighted by atomic mass is 16.4. The number of benzene rings is 1. The van der Waals surface area contributed by atoms with Crippen molar-refractivity contribution >= 4 is 18.1 Å². The number of rotatable bonds is 3. The molecule has 1 aromatic carbocycles. The SMILES string of the molecule is C=Cc1c(C)ccc(C(=O)O)c1C=C.CC. The molecule has 0 saturated heterocycles. The number of aromatic carboxylic acids is 1. The fourth-order valence-corrected chi connectivity index (χ4v) is 1.42. The molecule has 1 N–H and O–H groups in total. The Balaban J connectivity index is 0.00000106. The van der Waals surface area contributed by atoms with Crippen molar-refractivity contribution in [3.05, 3.63) is 47.5 Å². The quantitative estimate of drug-likeness (QED) is 0.832. The van der Waals surface area contributed by atoms with Gasteiger partial charge in [-0.05, 0) is 29.7 Å². The number of carboxylic acid groups (broad SMARTS) is 1. The van der Waals surface area contributed by atoms with Gasteiger partial charge in [0.15, 0.2) is 0 Å². The molecular weight excluding hydrogens is 200 g/mol. The van der Waals surface area contributed by atoms with Gasteiger partial charge in [0.05, 0.1) is 5.56 Å². The van der Waals surface area contributed by atoms with Crippen LogP contribution in [0.3, 0.4) is 0 Å². The zero-order chi connectivity index (χ0) is 12.7. The van der Waals surface area contributed by atoms with E-state index in [9.17, 15) is 4.79 Å². The Labute approximate surface area is 96.9 Å². The predicted octanol–water partition coefficient (Wildman–Crippen LogP) is 4.01. The lowest BCUT2D eigenvalue weighted by molar-refractivity contribution is 0.0696. The third-order valence-corrected chi connectivity index (χ3v) is 2.14. The van der Waals surface area contributed by atoms with Crippen LogP contribution < -0.4 is 0 Å². The Morgan fingerprint density at radius 3 is 2.06 bits per heavy atom. The van der Waals surface area contributed by atoms with Crippen LogP contribution in [0.15, 0.2) is 25.3 Å². The van der Waals surface area contributed by atoms with E-state index in [0.29, 0.717) is 5.56 Å². The summed E-state index contributed by atoms with van der Waals surface area (Å²) in [4.78, 5) is 10.9. The third kappa shape index (κ3) is 2.83. The van der Waals surface area contributed by atoms with Crippen LogP contribution in [0.5, 0.6) is 0 Å². The van der Waals surface area contributed by atoms with Gasteiger partial charge in [0.25, 0.3) is 0 Å². The highest BCUT2D eigenvalue weighted by molar-refractivity contribution is 5.94. The first-order valence-corrected chi connectivity index (χ1v) is 5.23. The molecule has 0 heterocycles. The van der Waals surface area contributed by atoms with Crippen molar-refractivity contribution in [2.24, 2.45) is 0 Å². The molecule has 0 saturated carbocycles. The van der Waals surface area contributed by atoms with E-state index in [4.69, 9.17) is 5.11 Å². The van der Waals surface area contributed by atoms with E-state index in [0.717, 1.165) is 11.1 Å². The minimum atomic E-state index is -0.942. The molecule has 0 fully saturated rings. The molecule has 0 aliphatic rings. The first kappa shape index (κ1) is 14.2. The molecule has 0 aromatic heterocycles. The first-order chi connectivity index (χ1) is 7.61. The van der Waals surface area contributed by atoms with Gasteiger partial charge in [-0.25, -0.2) is 4.79 Å². The van der Waals surface area contributed by atoms with Gasteiger partial charge in [-0.2, -0.15) is 0 Å². The molecule has 1 aromatic rings. The molecule has 0 radical (unpaired) electrons. The molecule has 0 unspecified atom stereocenters. The molecule has 86 valence electrons. The van der Waals surface area contributed by atoms with Gasteiger partial charge in [0, 0.05) is 0 Å². The molecule has 0 bridgehead atoms. The zero-order valence-electron chi connectivity index (χ0n) is 10.1. The monoisotopic (exact) mass is 218 g/mol. The molecule has 0 atom stereocenters. The Morgan fingerprint density at radius 2 is 1.69 bits per heavy atom. The summed E-state index contributed by atoms with van der Waals surface area (Å²) in [5.74, 6) is -0.942. The number of hydrogen-bond donors (Lipinski definition) is 1. The minimum Gasteiger partial charge on any atom is -0.478 e. The summed E-state index contributed by atoms with van der Waals surface area (Å²) < 4.78 is 0. The van der Waals surface area contributed by atoms with Crippen LogP contribution in [-0.4, -0.2) is 11.1 Å². The fourth-order valence-electron chi connectivity index (χ4n) is 1.42. The van der Waals surface area contributed by atoms with Crippen LogP contribution in [0.1, 0.15) is 40.9 Å². The Morgan fingerprint density at radius 1 is 1.19 bits per heavy atom. The average Bonchev–Trinajstić information content (AvgIpc) is 2.30. The van der Waals surface area contributed by atoms with Gasteiger partial charge in [-0.15, -0.1) is 0 Å². The Hall–Kier alpha value is -1.83. The molecule has 0 amide bonds. The lowest BCUT2D eigenvalue weighted by atomic mass is 9.96. The minimum absolute atomic E-state index is 0.264. The predicted molar refractivity (Wildman–Crippen MR) is 69.7 cm³/mol. The lowest BCUT2D eigenvalue weighted by Gasteiger charge is -2.08. The largest absolute Gasteiger partial charge is 0.478 e. The van der Waals surface area contributed by atoms with Crippen LogP contribution in [-0.2, 0) is 0 Å². The molecule has 2 heteroatoms. The maximum absolute atomic E-state index is 10.9. The van der Waals surface area contributed by atoms with Crippen LogP contribution in [0.4, 0.5) is 0 Å². The van der Waals surface area contributed by atoms with Crippen LogP contribution in [0.25, 0.3) is 12.2 Å². The molecule has 1 rings (SSSR count). The van der Waals surface area contributed by atoms with Crippen molar-refractivity contribution in [2.45, 2.75) is 20.8 Å². The molecule has 0 aliphatic carbocycles. The molecule has 16 heavy (non-hydrogen) atoms. The van der Waals surface area contributed by atoms with E-state index in [1.807, 2.05) is 20.8 Å². The normalized spacial score (nSPS) is 8.69. The number of carboxylic acids is 1. The average molecular weight is 218 g/mol.